The Hall–Kier alpha value is -1.25. The van der Waals surface area contributed by atoms with Crippen LogP contribution in [0.2, 0.25) is 0 Å². The van der Waals surface area contributed by atoms with Gasteiger partial charge in [0, 0.05) is 18.8 Å². The number of nitrogen functional groups attached to an aromatic ring is 1. The predicted octanol–water partition coefficient (Wildman–Crippen LogP) is 1.79. The summed E-state index contributed by atoms with van der Waals surface area (Å²) in [6.45, 7) is 6.85. The molecule has 0 saturated heterocycles. The number of aryl methyl sites for hydroxylation is 1. The third-order valence-corrected chi connectivity index (χ3v) is 2.58. The molecule has 0 aliphatic carbocycles. The number of aromatic nitrogens is 1. The van der Waals surface area contributed by atoms with E-state index in [1.54, 1.807) is 16.8 Å². The molecule has 0 fully saturated rings. The van der Waals surface area contributed by atoms with Crippen LogP contribution in [0, 0.1) is 12.8 Å². The number of nitrogens with zero attached hydrogens (tertiary/aromatic N) is 1. The van der Waals surface area contributed by atoms with Crippen LogP contribution in [0.4, 0.5) is 5.69 Å². The summed E-state index contributed by atoms with van der Waals surface area (Å²) in [4.78, 5) is 11.6. The smallest absolute Gasteiger partial charge is 0.250 e. The molecule has 0 aromatic carbocycles. The van der Waals surface area contributed by atoms with Gasteiger partial charge in [0.05, 0.1) is 5.69 Å². The van der Waals surface area contributed by atoms with Crippen molar-refractivity contribution in [3.63, 3.8) is 0 Å². The topological polar surface area (TPSA) is 48.0 Å². The van der Waals surface area contributed by atoms with E-state index in [2.05, 4.69) is 13.8 Å². The average molecular weight is 194 g/mol. The molecule has 0 saturated carbocycles. The van der Waals surface area contributed by atoms with Crippen LogP contribution in [0.1, 0.15) is 25.8 Å². The van der Waals surface area contributed by atoms with Crippen LogP contribution in [0.5, 0.6) is 0 Å². The fourth-order valence-electron chi connectivity index (χ4n) is 1.29. The Balaban J connectivity index is 2.98. The maximum Gasteiger partial charge on any atom is 0.250 e. The predicted molar refractivity (Wildman–Crippen MR) is 59.3 cm³/mol. The quantitative estimate of drug-likeness (QED) is 0.797. The Bertz CT molecular complexity index is 368. The van der Waals surface area contributed by atoms with Crippen LogP contribution >= 0.6 is 0 Å². The van der Waals surface area contributed by atoms with E-state index in [0.29, 0.717) is 11.6 Å². The first-order valence-corrected chi connectivity index (χ1v) is 5.01. The van der Waals surface area contributed by atoms with Gasteiger partial charge in [-0.3, -0.25) is 4.79 Å². The summed E-state index contributed by atoms with van der Waals surface area (Å²) >= 11 is 0. The van der Waals surface area contributed by atoms with Crippen LogP contribution < -0.4 is 11.3 Å². The highest BCUT2D eigenvalue weighted by Crippen LogP contribution is 2.08. The molecule has 3 heteroatoms. The zero-order valence-electron chi connectivity index (χ0n) is 9.08. The van der Waals surface area contributed by atoms with Crippen molar-refractivity contribution in [2.75, 3.05) is 5.73 Å². The first kappa shape index (κ1) is 10.8. The molecule has 0 bridgehead atoms. The summed E-state index contributed by atoms with van der Waals surface area (Å²) in [6, 6.07) is 1.59. The highest BCUT2D eigenvalue weighted by Gasteiger charge is 2.04. The standard InChI is InChI=1S/C11H18N2O/c1-4-8(2)6-13-7-10(12)9(3)5-11(13)14/h5,7-8H,4,6,12H2,1-3H3. The van der Waals surface area contributed by atoms with Gasteiger partial charge < -0.3 is 10.3 Å². The van der Waals surface area contributed by atoms with Gasteiger partial charge in [-0.2, -0.15) is 0 Å². The number of anilines is 1. The summed E-state index contributed by atoms with van der Waals surface area (Å²) in [7, 11) is 0. The summed E-state index contributed by atoms with van der Waals surface area (Å²) in [5.74, 6) is 0.509. The molecule has 3 nitrogen and oxygen atoms in total. The van der Waals surface area contributed by atoms with Gasteiger partial charge >= 0.3 is 0 Å². The Morgan fingerprint density at radius 1 is 1.57 bits per heavy atom. The van der Waals surface area contributed by atoms with Gasteiger partial charge in [-0.25, -0.2) is 0 Å². The summed E-state index contributed by atoms with van der Waals surface area (Å²) in [5.41, 5.74) is 7.33. The maximum atomic E-state index is 11.6. The lowest BCUT2D eigenvalue weighted by Crippen LogP contribution is -2.23. The molecule has 14 heavy (non-hydrogen) atoms. The number of hydrogen-bond donors (Lipinski definition) is 1. The van der Waals surface area contributed by atoms with Crippen molar-refractivity contribution >= 4 is 5.69 Å². The lowest BCUT2D eigenvalue weighted by atomic mass is 10.1. The van der Waals surface area contributed by atoms with E-state index in [4.69, 9.17) is 5.73 Å². The molecule has 1 rings (SSSR count). The zero-order valence-corrected chi connectivity index (χ0v) is 9.08. The van der Waals surface area contributed by atoms with E-state index in [0.717, 1.165) is 18.5 Å². The van der Waals surface area contributed by atoms with Crippen molar-refractivity contribution in [2.24, 2.45) is 5.92 Å². The number of hydrogen-bond acceptors (Lipinski definition) is 2. The van der Waals surface area contributed by atoms with Crippen molar-refractivity contribution in [1.29, 1.82) is 0 Å². The van der Waals surface area contributed by atoms with Gasteiger partial charge in [0.25, 0.3) is 5.56 Å². The second kappa shape index (κ2) is 4.31. The molecule has 1 atom stereocenters. The SMILES string of the molecule is CCC(C)Cn1cc(N)c(C)cc1=O. The highest BCUT2D eigenvalue weighted by molar-refractivity contribution is 5.42. The molecule has 1 aromatic rings. The van der Waals surface area contributed by atoms with Crippen LogP contribution in [-0.2, 0) is 6.54 Å². The molecule has 78 valence electrons. The number of pyridine rings is 1. The first-order valence-electron chi connectivity index (χ1n) is 5.01. The molecular weight excluding hydrogens is 176 g/mol. The first-order chi connectivity index (χ1) is 6.54. The Morgan fingerprint density at radius 2 is 2.21 bits per heavy atom. The summed E-state index contributed by atoms with van der Waals surface area (Å²) in [5, 5.41) is 0. The van der Waals surface area contributed by atoms with Crippen molar-refractivity contribution in [3.05, 3.63) is 28.2 Å². The lowest BCUT2D eigenvalue weighted by Gasteiger charge is -2.12. The molecule has 0 amide bonds. The van der Waals surface area contributed by atoms with Crippen LogP contribution in [0.3, 0.4) is 0 Å². The zero-order chi connectivity index (χ0) is 10.7. The second-order valence-electron chi connectivity index (χ2n) is 3.92. The minimum Gasteiger partial charge on any atom is -0.397 e. The Morgan fingerprint density at radius 3 is 2.79 bits per heavy atom. The Labute approximate surface area is 84.6 Å². The highest BCUT2D eigenvalue weighted by atomic mass is 16.1. The number of rotatable bonds is 3. The summed E-state index contributed by atoms with van der Waals surface area (Å²) < 4.78 is 1.69. The molecule has 0 aliphatic heterocycles. The van der Waals surface area contributed by atoms with Gasteiger partial charge in [0.2, 0.25) is 0 Å². The minimum absolute atomic E-state index is 0.0389. The minimum atomic E-state index is 0.0389. The molecule has 2 N–H and O–H groups in total. The van der Waals surface area contributed by atoms with Crippen LogP contribution in [0.25, 0.3) is 0 Å². The number of nitrogens with two attached hydrogens (primary N) is 1. The molecule has 0 aliphatic rings. The third kappa shape index (κ3) is 2.37. The fraction of sp³-hybridized carbons (Fsp3) is 0.545. The third-order valence-electron chi connectivity index (χ3n) is 2.58. The van der Waals surface area contributed by atoms with E-state index >= 15 is 0 Å². The van der Waals surface area contributed by atoms with Gasteiger partial charge in [0.1, 0.15) is 0 Å². The monoisotopic (exact) mass is 194 g/mol. The second-order valence-corrected chi connectivity index (χ2v) is 3.92. The van der Waals surface area contributed by atoms with Crippen molar-refractivity contribution < 1.29 is 0 Å². The maximum absolute atomic E-state index is 11.6. The molecular formula is C11H18N2O. The van der Waals surface area contributed by atoms with E-state index < -0.39 is 0 Å². The molecule has 0 spiro atoms. The lowest BCUT2D eigenvalue weighted by molar-refractivity contribution is 0.460. The van der Waals surface area contributed by atoms with Crippen molar-refractivity contribution in [2.45, 2.75) is 33.7 Å². The molecule has 1 heterocycles. The molecule has 1 aromatic heterocycles. The van der Waals surface area contributed by atoms with Gasteiger partial charge in [0.15, 0.2) is 0 Å². The van der Waals surface area contributed by atoms with Crippen molar-refractivity contribution in [1.82, 2.24) is 4.57 Å². The van der Waals surface area contributed by atoms with Crippen LogP contribution in [0.15, 0.2) is 17.1 Å². The van der Waals surface area contributed by atoms with E-state index in [1.165, 1.54) is 0 Å². The van der Waals surface area contributed by atoms with E-state index in [-0.39, 0.29) is 5.56 Å². The van der Waals surface area contributed by atoms with E-state index in [1.807, 2.05) is 6.92 Å². The average Bonchev–Trinajstić information content (AvgIpc) is 2.14. The van der Waals surface area contributed by atoms with Crippen LogP contribution in [-0.4, -0.2) is 4.57 Å². The van der Waals surface area contributed by atoms with Crippen molar-refractivity contribution in [3.8, 4) is 0 Å². The normalized spacial score (nSPS) is 12.8. The molecule has 0 radical (unpaired) electrons. The fourth-order valence-corrected chi connectivity index (χ4v) is 1.29. The van der Waals surface area contributed by atoms with Gasteiger partial charge in [-0.05, 0) is 18.4 Å². The summed E-state index contributed by atoms with van der Waals surface area (Å²) in [6.07, 6.45) is 2.81. The van der Waals surface area contributed by atoms with E-state index in [9.17, 15) is 4.79 Å². The largest absolute Gasteiger partial charge is 0.397 e. The Kier molecular flexibility index (Phi) is 3.33. The van der Waals surface area contributed by atoms with Gasteiger partial charge in [-0.1, -0.05) is 20.3 Å². The molecule has 1 unspecified atom stereocenters. The van der Waals surface area contributed by atoms with Gasteiger partial charge in [-0.15, -0.1) is 0 Å².